The fourth-order valence-corrected chi connectivity index (χ4v) is 18.7. The third kappa shape index (κ3) is 80.1. The Hall–Kier alpha value is -5.67. The van der Waals surface area contributed by atoms with Gasteiger partial charge in [0.2, 0.25) is 0 Å². The van der Waals surface area contributed by atoms with Crippen LogP contribution in [0, 0.1) is 0 Å². The molecule has 1 rings (SSSR count). The van der Waals surface area contributed by atoms with Crippen molar-refractivity contribution in [3.63, 3.8) is 0 Å². The van der Waals surface area contributed by atoms with E-state index in [0.29, 0.717) is 57.8 Å². The van der Waals surface area contributed by atoms with Crippen LogP contribution in [-0.2, 0) is 71.4 Å². The third-order valence-electron chi connectivity index (χ3n) is 28.1. The predicted octanol–water partition coefficient (Wildman–Crippen LogP) is 32.0. The second kappa shape index (κ2) is 97.7. The van der Waals surface area contributed by atoms with Gasteiger partial charge in [0.15, 0.2) is 0 Å². The maximum atomic E-state index is 14.5. The molecule has 0 spiro atoms. The van der Waals surface area contributed by atoms with Gasteiger partial charge in [0.1, 0.15) is 36.6 Å². The highest BCUT2D eigenvalue weighted by molar-refractivity contribution is 6.00. The lowest BCUT2D eigenvalue weighted by Crippen LogP contribution is -2.28. The summed E-state index contributed by atoms with van der Waals surface area (Å²) in [5.41, 5.74) is 0.216. The molecule has 0 bridgehead atoms. The largest absolute Gasteiger partial charge is 0.462 e. The van der Waals surface area contributed by atoms with Crippen LogP contribution in [0.2, 0.25) is 0 Å². The molecule has 0 N–H and O–H groups in total. The first kappa shape index (κ1) is 133. The Morgan fingerprint density at radius 2 is 0.326 bits per heavy atom. The van der Waals surface area contributed by atoms with E-state index in [1.807, 2.05) is 0 Å². The minimum absolute atomic E-state index is 0.0144. The van der Waals surface area contributed by atoms with E-state index >= 15 is 0 Å². The molecule has 0 radical (unpaired) electrons. The number of ether oxygens (including phenoxy) is 9. The highest BCUT2D eigenvalue weighted by Crippen LogP contribution is 2.25. The maximum Gasteiger partial charge on any atom is 0.338 e. The Morgan fingerprint density at radius 1 is 0.184 bits per heavy atom. The standard InChI is InChI=1S/C120H219N3O18/c1-13-25-55-76-106(19-7)136-112(124)82-61-43-31-37-49-67-88-121(89-68-50-38-32-44-62-83-113(125)137-107(20-8)77-56-26-14-2)94-73-97-133-118(130)103-100-104(119(131)134-98-74-95-122(90-69-51-39-33-45-63-84-114(126)138-108(21-9)78-57-27-15-3)91-70-52-40-34-46-64-85-115(127)139-109(22-10)79-58-28-16-4)102-105(101-103)120(132)135-99-75-96-123(92-71-53-41-35-47-65-86-116(128)140-110(23-11)80-59-29-17-5)93-72-54-42-36-48-66-87-117(129)141-111(24-12)81-60-30-18-6/h100-102,106-111H,13-99H2,1-12H3. The summed E-state index contributed by atoms with van der Waals surface area (Å²) in [4.78, 5) is 127. The molecule has 1 aromatic rings. The number of esters is 9. The molecule has 0 heterocycles. The van der Waals surface area contributed by atoms with E-state index in [1.165, 1.54) is 18.2 Å². The highest BCUT2D eigenvalue weighted by atomic mass is 16.6. The fraction of sp³-hybridized carbons (Fsp3) is 0.875. The van der Waals surface area contributed by atoms with E-state index in [-0.39, 0.29) is 109 Å². The van der Waals surface area contributed by atoms with Gasteiger partial charge in [-0.3, -0.25) is 28.8 Å². The first-order chi connectivity index (χ1) is 68.8. The zero-order valence-corrected chi connectivity index (χ0v) is 93.4. The Labute approximate surface area is 864 Å². The first-order valence-corrected chi connectivity index (χ1v) is 59.8. The summed E-state index contributed by atoms with van der Waals surface area (Å²) >= 11 is 0. The lowest BCUT2D eigenvalue weighted by molar-refractivity contribution is -0.150. The van der Waals surface area contributed by atoms with E-state index in [1.54, 1.807) is 0 Å². The molecular weight excluding hydrogens is 1770 g/mol. The molecule has 6 unspecified atom stereocenters. The molecule has 0 aliphatic carbocycles. The van der Waals surface area contributed by atoms with E-state index in [9.17, 15) is 43.2 Å². The summed E-state index contributed by atoms with van der Waals surface area (Å²) in [6.45, 7) is 33.8. The van der Waals surface area contributed by atoms with Gasteiger partial charge < -0.3 is 57.3 Å². The van der Waals surface area contributed by atoms with Crippen molar-refractivity contribution >= 4 is 53.7 Å². The molecule has 822 valence electrons. The number of benzene rings is 1. The molecule has 0 aliphatic rings. The number of rotatable bonds is 105. The van der Waals surface area contributed by atoms with E-state index in [4.69, 9.17) is 42.6 Å². The zero-order chi connectivity index (χ0) is 103. The first-order valence-electron chi connectivity index (χ1n) is 59.8. The van der Waals surface area contributed by atoms with Gasteiger partial charge in [-0.15, -0.1) is 0 Å². The van der Waals surface area contributed by atoms with Crippen LogP contribution in [0.1, 0.15) is 596 Å². The van der Waals surface area contributed by atoms with Crippen molar-refractivity contribution in [2.24, 2.45) is 0 Å². The number of hydrogen-bond acceptors (Lipinski definition) is 21. The number of nitrogens with zero attached hydrogens (tertiary/aromatic N) is 3. The number of hydrogen-bond donors (Lipinski definition) is 0. The van der Waals surface area contributed by atoms with E-state index in [0.717, 1.165) is 483 Å². The van der Waals surface area contributed by atoms with Crippen LogP contribution >= 0.6 is 0 Å². The SMILES string of the molecule is CCCCCC(CC)OC(=O)CCCCCCCCN(CCCCCCCCC(=O)OC(CC)CCCCC)CCCOC(=O)c1cc(C(=O)OCCCN(CCCCCCCCC(=O)OC(CC)CCCCC)CCCCCCCCC(=O)OC(CC)CCCCC)cc(C(=O)OCCCN(CCCCCCCCC(=O)OC(CC)CCCCC)CCCCCCCCC(=O)OC(CC)CCCCC)c1. The maximum absolute atomic E-state index is 14.5. The van der Waals surface area contributed by atoms with Crippen LogP contribution in [0.25, 0.3) is 0 Å². The molecule has 1 aromatic carbocycles. The summed E-state index contributed by atoms with van der Waals surface area (Å²) in [5, 5.41) is 0. The molecule has 0 aromatic heterocycles. The Bertz CT molecular complexity index is 2660. The molecular formula is C120H219N3O18. The molecule has 0 saturated carbocycles. The number of carbonyl (C=O) groups excluding carboxylic acids is 9. The van der Waals surface area contributed by atoms with E-state index in [2.05, 4.69) is 97.8 Å². The molecule has 141 heavy (non-hydrogen) atoms. The lowest BCUT2D eigenvalue weighted by Gasteiger charge is -2.22. The molecule has 6 atom stereocenters. The molecule has 0 amide bonds. The number of unbranched alkanes of at least 4 members (excludes halogenated alkanes) is 42. The number of carbonyl (C=O) groups is 9. The minimum Gasteiger partial charge on any atom is -0.462 e. The summed E-state index contributed by atoms with van der Waals surface area (Å²) in [7, 11) is 0. The fourth-order valence-electron chi connectivity index (χ4n) is 18.7. The molecule has 21 nitrogen and oxygen atoms in total. The van der Waals surface area contributed by atoms with Gasteiger partial charge in [-0.1, -0.05) is 314 Å². The minimum atomic E-state index is -0.638. The normalized spacial score (nSPS) is 12.9. The quantitative estimate of drug-likeness (QED) is 0.0334. The molecule has 0 saturated heterocycles. The third-order valence-corrected chi connectivity index (χ3v) is 28.1. The molecule has 21 heteroatoms. The van der Waals surface area contributed by atoms with Gasteiger partial charge in [-0.05, 0) is 269 Å². The monoisotopic (exact) mass is 1990 g/mol. The van der Waals surface area contributed by atoms with Crippen molar-refractivity contribution in [2.45, 2.75) is 601 Å². The van der Waals surface area contributed by atoms with Crippen LogP contribution in [0.15, 0.2) is 18.2 Å². The van der Waals surface area contributed by atoms with Crippen molar-refractivity contribution in [3.8, 4) is 0 Å². The smallest absolute Gasteiger partial charge is 0.338 e. The lowest BCUT2D eigenvalue weighted by atomic mass is 10.1. The Kier molecular flexibility index (Phi) is 92.4. The summed E-state index contributed by atoms with van der Waals surface area (Å²) in [6.07, 6.45) is 72.3. The second-order valence-electron chi connectivity index (χ2n) is 41.1. The summed E-state index contributed by atoms with van der Waals surface area (Å²) in [6, 6.07) is 4.46. The predicted molar refractivity (Wildman–Crippen MR) is 580 cm³/mol. The van der Waals surface area contributed by atoms with Gasteiger partial charge in [-0.25, -0.2) is 14.4 Å². The van der Waals surface area contributed by atoms with Crippen LogP contribution in [-0.4, -0.2) is 184 Å². The zero-order valence-electron chi connectivity index (χ0n) is 93.4. The van der Waals surface area contributed by atoms with Gasteiger partial charge >= 0.3 is 53.7 Å². The van der Waals surface area contributed by atoms with Crippen molar-refractivity contribution < 1.29 is 85.8 Å². The van der Waals surface area contributed by atoms with Gasteiger partial charge in [-0.2, -0.15) is 0 Å². The Morgan fingerprint density at radius 3 is 0.475 bits per heavy atom. The van der Waals surface area contributed by atoms with E-state index < -0.39 is 17.9 Å². The topological polar surface area (TPSA) is 246 Å². The average Bonchev–Trinajstić information content (AvgIpc) is 0.824. The van der Waals surface area contributed by atoms with Gasteiger partial charge in [0, 0.05) is 58.2 Å². The molecule has 0 fully saturated rings. The van der Waals surface area contributed by atoms with Crippen molar-refractivity contribution in [1.82, 2.24) is 14.7 Å². The second-order valence-corrected chi connectivity index (χ2v) is 41.1. The average molecular weight is 1990 g/mol. The van der Waals surface area contributed by atoms with Crippen LogP contribution in [0.3, 0.4) is 0 Å². The van der Waals surface area contributed by atoms with Crippen LogP contribution < -0.4 is 0 Å². The highest BCUT2D eigenvalue weighted by Gasteiger charge is 2.24. The van der Waals surface area contributed by atoms with Gasteiger partial charge in [0.05, 0.1) is 36.5 Å². The van der Waals surface area contributed by atoms with Crippen molar-refractivity contribution in [3.05, 3.63) is 34.9 Å². The Balaban J connectivity index is 3.52. The van der Waals surface area contributed by atoms with Crippen LogP contribution in [0.4, 0.5) is 0 Å². The van der Waals surface area contributed by atoms with Crippen LogP contribution in [0.5, 0.6) is 0 Å². The van der Waals surface area contributed by atoms with Gasteiger partial charge in [0.25, 0.3) is 0 Å². The molecule has 0 aliphatic heterocycles. The summed E-state index contributed by atoms with van der Waals surface area (Å²) < 4.78 is 53.3. The summed E-state index contributed by atoms with van der Waals surface area (Å²) in [5.74, 6) is -2.37. The van der Waals surface area contributed by atoms with Crippen molar-refractivity contribution in [2.75, 3.05) is 78.7 Å². The van der Waals surface area contributed by atoms with Crippen molar-refractivity contribution in [1.29, 1.82) is 0 Å².